The van der Waals surface area contributed by atoms with Crippen LogP contribution in [0.15, 0.2) is 34.9 Å². The van der Waals surface area contributed by atoms with Crippen molar-refractivity contribution < 1.29 is 4.79 Å². The van der Waals surface area contributed by atoms with E-state index >= 15 is 0 Å². The summed E-state index contributed by atoms with van der Waals surface area (Å²) in [6, 6.07) is 7.82. The van der Waals surface area contributed by atoms with Crippen molar-refractivity contribution in [3.05, 3.63) is 46.2 Å². The van der Waals surface area contributed by atoms with E-state index in [4.69, 9.17) is 0 Å². The Hall–Kier alpha value is -1.62. The van der Waals surface area contributed by atoms with Crippen molar-refractivity contribution in [3.63, 3.8) is 0 Å². The van der Waals surface area contributed by atoms with Gasteiger partial charge < -0.3 is 5.32 Å². The van der Waals surface area contributed by atoms with Gasteiger partial charge in [0.05, 0.1) is 23.1 Å². The lowest BCUT2D eigenvalue weighted by atomic mass is 10.2. The maximum Gasteiger partial charge on any atom is 0.254 e. The number of carbonyl (C=O) groups excluding carboxylic acids is 1. The molecule has 0 saturated heterocycles. The molecule has 1 aromatic carbocycles. The number of hydrogen-bond donors (Lipinski definition) is 1. The molecule has 1 aromatic heterocycles. The Labute approximate surface area is 127 Å². The first-order chi connectivity index (χ1) is 9.49. The Balaban J connectivity index is 2.22. The molecule has 2 aromatic rings. The molecule has 0 bridgehead atoms. The summed E-state index contributed by atoms with van der Waals surface area (Å²) in [7, 11) is 0. The topological polar surface area (TPSA) is 46.9 Å². The monoisotopic (exact) mass is 335 g/mol. The van der Waals surface area contributed by atoms with E-state index in [1.165, 1.54) is 0 Å². The summed E-state index contributed by atoms with van der Waals surface area (Å²) in [4.78, 5) is 12.1. The number of halogens is 1. The Kier molecular flexibility index (Phi) is 4.60. The van der Waals surface area contributed by atoms with E-state index in [2.05, 4.69) is 40.2 Å². The second-order valence-corrected chi connectivity index (χ2v) is 6.05. The normalized spacial score (nSPS) is 10.8. The van der Waals surface area contributed by atoms with Crippen LogP contribution in [0.25, 0.3) is 5.69 Å². The first kappa shape index (κ1) is 14.8. The van der Waals surface area contributed by atoms with Gasteiger partial charge in [-0.15, -0.1) is 0 Å². The van der Waals surface area contributed by atoms with Crippen LogP contribution in [0.4, 0.5) is 0 Å². The van der Waals surface area contributed by atoms with E-state index in [1.807, 2.05) is 31.2 Å². The van der Waals surface area contributed by atoms with E-state index in [9.17, 15) is 4.79 Å². The van der Waals surface area contributed by atoms with Gasteiger partial charge in [0.15, 0.2) is 0 Å². The van der Waals surface area contributed by atoms with Crippen LogP contribution in [0.3, 0.4) is 0 Å². The van der Waals surface area contributed by atoms with Gasteiger partial charge in [-0.05, 0) is 37.1 Å². The zero-order valence-electron chi connectivity index (χ0n) is 11.9. The second-order valence-electron chi connectivity index (χ2n) is 5.14. The molecule has 1 heterocycles. The smallest absolute Gasteiger partial charge is 0.254 e. The summed E-state index contributed by atoms with van der Waals surface area (Å²) < 4.78 is 2.79. The molecule has 1 N–H and O–H groups in total. The molecule has 0 aliphatic rings. The van der Waals surface area contributed by atoms with Crippen molar-refractivity contribution >= 4 is 21.8 Å². The Morgan fingerprint density at radius 3 is 2.60 bits per heavy atom. The Bertz CT molecular complexity index is 602. The highest BCUT2D eigenvalue weighted by atomic mass is 79.9. The van der Waals surface area contributed by atoms with Gasteiger partial charge >= 0.3 is 0 Å². The highest BCUT2D eigenvalue weighted by Gasteiger charge is 2.15. The minimum absolute atomic E-state index is 0.0699. The predicted molar refractivity (Wildman–Crippen MR) is 83.2 cm³/mol. The van der Waals surface area contributed by atoms with Gasteiger partial charge in [-0.3, -0.25) is 4.79 Å². The highest BCUT2D eigenvalue weighted by Crippen LogP contribution is 2.17. The summed E-state index contributed by atoms with van der Waals surface area (Å²) in [6.07, 6.45) is 1.62. The largest absolute Gasteiger partial charge is 0.352 e. The number of aromatic nitrogens is 2. The van der Waals surface area contributed by atoms with Crippen molar-refractivity contribution in [2.75, 3.05) is 6.54 Å². The number of benzene rings is 1. The third kappa shape index (κ3) is 3.28. The lowest BCUT2D eigenvalue weighted by molar-refractivity contribution is 0.0948. The first-order valence-corrected chi connectivity index (χ1v) is 7.37. The van der Waals surface area contributed by atoms with Crippen LogP contribution in [-0.2, 0) is 0 Å². The zero-order valence-corrected chi connectivity index (χ0v) is 13.4. The standard InChI is InChI=1S/C15H18BrN3O/c1-10(2)8-17-15(20)14-9-18-19(11(14)3)13-6-4-12(16)5-7-13/h4-7,9-10H,8H2,1-3H3,(H,17,20). The molecule has 0 aliphatic carbocycles. The maximum atomic E-state index is 12.1. The molecule has 0 unspecified atom stereocenters. The van der Waals surface area contributed by atoms with Gasteiger partial charge in [0.25, 0.3) is 5.91 Å². The van der Waals surface area contributed by atoms with Gasteiger partial charge in [0.1, 0.15) is 0 Å². The molecular formula is C15H18BrN3O. The highest BCUT2D eigenvalue weighted by molar-refractivity contribution is 9.10. The number of carbonyl (C=O) groups is 1. The molecule has 0 fully saturated rings. The molecule has 0 atom stereocenters. The fraction of sp³-hybridized carbons (Fsp3) is 0.333. The van der Waals surface area contributed by atoms with Crippen LogP contribution in [0.5, 0.6) is 0 Å². The minimum Gasteiger partial charge on any atom is -0.352 e. The maximum absolute atomic E-state index is 12.1. The van der Waals surface area contributed by atoms with Crippen molar-refractivity contribution in [2.45, 2.75) is 20.8 Å². The SMILES string of the molecule is Cc1c(C(=O)NCC(C)C)cnn1-c1ccc(Br)cc1. The Morgan fingerprint density at radius 2 is 2.00 bits per heavy atom. The fourth-order valence-electron chi connectivity index (χ4n) is 1.87. The summed E-state index contributed by atoms with van der Waals surface area (Å²) >= 11 is 3.41. The molecule has 0 saturated carbocycles. The second kappa shape index (κ2) is 6.22. The van der Waals surface area contributed by atoms with Gasteiger partial charge in [-0.2, -0.15) is 5.10 Å². The summed E-state index contributed by atoms with van der Waals surface area (Å²) in [5.41, 5.74) is 2.40. The number of hydrogen-bond acceptors (Lipinski definition) is 2. The van der Waals surface area contributed by atoms with E-state index in [-0.39, 0.29) is 5.91 Å². The zero-order chi connectivity index (χ0) is 14.7. The van der Waals surface area contributed by atoms with Gasteiger partial charge in [-0.25, -0.2) is 4.68 Å². The molecular weight excluding hydrogens is 318 g/mol. The molecule has 106 valence electrons. The van der Waals surface area contributed by atoms with Crippen LogP contribution < -0.4 is 5.32 Å². The summed E-state index contributed by atoms with van der Waals surface area (Å²) in [5.74, 6) is 0.361. The van der Waals surface area contributed by atoms with Crippen LogP contribution in [0.2, 0.25) is 0 Å². The minimum atomic E-state index is -0.0699. The van der Waals surface area contributed by atoms with Gasteiger partial charge in [-0.1, -0.05) is 29.8 Å². The first-order valence-electron chi connectivity index (χ1n) is 6.58. The average Bonchev–Trinajstić information content (AvgIpc) is 2.79. The molecule has 20 heavy (non-hydrogen) atoms. The quantitative estimate of drug-likeness (QED) is 0.931. The van der Waals surface area contributed by atoms with Crippen LogP contribution in [0, 0.1) is 12.8 Å². The van der Waals surface area contributed by atoms with E-state index in [0.29, 0.717) is 18.0 Å². The third-order valence-corrected chi connectivity index (χ3v) is 3.53. The molecule has 0 radical (unpaired) electrons. The summed E-state index contributed by atoms with van der Waals surface area (Å²) in [6.45, 7) is 6.71. The van der Waals surface area contributed by atoms with E-state index < -0.39 is 0 Å². The lowest BCUT2D eigenvalue weighted by Gasteiger charge is -2.08. The molecule has 0 spiro atoms. The van der Waals surface area contributed by atoms with Gasteiger partial charge in [0, 0.05) is 11.0 Å². The van der Waals surface area contributed by atoms with Gasteiger partial charge in [0.2, 0.25) is 0 Å². The number of amides is 1. The molecule has 1 amide bonds. The van der Waals surface area contributed by atoms with E-state index in [1.54, 1.807) is 10.9 Å². The van der Waals surface area contributed by atoms with Crippen molar-refractivity contribution in [1.82, 2.24) is 15.1 Å². The third-order valence-electron chi connectivity index (χ3n) is 3.00. The molecule has 4 nitrogen and oxygen atoms in total. The van der Waals surface area contributed by atoms with Crippen molar-refractivity contribution in [1.29, 1.82) is 0 Å². The lowest BCUT2D eigenvalue weighted by Crippen LogP contribution is -2.27. The molecule has 5 heteroatoms. The summed E-state index contributed by atoms with van der Waals surface area (Å²) in [5, 5.41) is 7.22. The van der Waals surface area contributed by atoms with Crippen molar-refractivity contribution in [3.8, 4) is 5.69 Å². The fourth-order valence-corrected chi connectivity index (χ4v) is 2.13. The molecule has 0 aliphatic heterocycles. The Morgan fingerprint density at radius 1 is 1.35 bits per heavy atom. The van der Waals surface area contributed by atoms with E-state index in [0.717, 1.165) is 15.9 Å². The van der Waals surface area contributed by atoms with Crippen LogP contribution >= 0.6 is 15.9 Å². The van der Waals surface area contributed by atoms with Crippen LogP contribution in [-0.4, -0.2) is 22.2 Å². The number of rotatable bonds is 4. The average molecular weight is 336 g/mol. The predicted octanol–water partition coefficient (Wildman–Crippen LogP) is 3.33. The van der Waals surface area contributed by atoms with Crippen LogP contribution in [0.1, 0.15) is 29.9 Å². The molecule has 2 rings (SSSR count). The number of nitrogens with one attached hydrogen (secondary N) is 1. The number of nitrogens with zero attached hydrogens (tertiary/aromatic N) is 2. The van der Waals surface area contributed by atoms with Crippen molar-refractivity contribution in [2.24, 2.45) is 5.92 Å².